The van der Waals surface area contributed by atoms with E-state index in [0.717, 1.165) is 0 Å². The normalized spacial score (nSPS) is 21.1. The topological polar surface area (TPSA) is 87.0 Å². The number of aliphatic hydroxyl groups excluding tert-OH is 1. The maximum Gasteiger partial charge on any atom is 0.199 e. The van der Waals surface area contributed by atoms with E-state index >= 15 is 0 Å². The van der Waals surface area contributed by atoms with Gasteiger partial charge in [0.05, 0.1) is 5.56 Å². The van der Waals surface area contributed by atoms with Crippen LogP contribution in [0.1, 0.15) is 22.0 Å². The summed E-state index contributed by atoms with van der Waals surface area (Å²) >= 11 is 0. The van der Waals surface area contributed by atoms with Gasteiger partial charge in [0.2, 0.25) is 0 Å². The number of hydrogen-bond acceptors (Lipinski definition) is 5. The first kappa shape index (κ1) is 12.5. The summed E-state index contributed by atoms with van der Waals surface area (Å²) in [6.45, 7) is 0. The van der Waals surface area contributed by atoms with Crippen molar-refractivity contribution in [2.24, 2.45) is 0 Å². The molecule has 102 valence electrons. The van der Waals surface area contributed by atoms with Gasteiger partial charge in [-0.1, -0.05) is 24.3 Å². The van der Waals surface area contributed by atoms with E-state index in [1.54, 1.807) is 24.3 Å². The van der Waals surface area contributed by atoms with Gasteiger partial charge in [-0.05, 0) is 18.2 Å². The second-order valence-corrected chi connectivity index (χ2v) is 4.56. The molecule has 0 amide bonds. The van der Waals surface area contributed by atoms with Gasteiger partial charge in [0, 0.05) is 5.56 Å². The predicted octanol–water partition coefficient (Wildman–Crippen LogP) is 1.78. The maximum absolute atomic E-state index is 12.1. The number of aliphatic hydroxyl groups is 1. The second kappa shape index (κ2) is 4.54. The molecule has 0 saturated heterocycles. The summed E-state index contributed by atoms with van der Waals surface area (Å²) < 4.78 is 5.59. The first-order valence-corrected chi connectivity index (χ1v) is 6.08. The number of fused-ring (bicyclic) bond motifs is 1. The molecule has 0 saturated carbocycles. The molecular weight excluding hydrogens is 260 g/mol. The number of phenols is 2. The Morgan fingerprint density at radius 2 is 1.75 bits per heavy atom. The molecule has 3 N–H and O–H groups in total. The van der Waals surface area contributed by atoms with Crippen LogP contribution in [0.4, 0.5) is 0 Å². The highest BCUT2D eigenvalue weighted by atomic mass is 16.5. The van der Waals surface area contributed by atoms with Crippen LogP contribution in [0.5, 0.6) is 17.2 Å². The van der Waals surface area contributed by atoms with Crippen LogP contribution in [0.15, 0.2) is 42.5 Å². The summed E-state index contributed by atoms with van der Waals surface area (Å²) in [5.74, 6) is -0.858. The van der Waals surface area contributed by atoms with Gasteiger partial charge in [0.1, 0.15) is 5.75 Å². The third-order valence-corrected chi connectivity index (χ3v) is 3.31. The van der Waals surface area contributed by atoms with Crippen LogP contribution in [-0.4, -0.2) is 27.2 Å². The fourth-order valence-corrected chi connectivity index (χ4v) is 2.28. The zero-order chi connectivity index (χ0) is 14.3. The Hall–Kier alpha value is -2.53. The Morgan fingerprint density at radius 3 is 2.55 bits per heavy atom. The summed E-state index contributed by atoms with van der Waals surface area (Å²) in [4.78, 5) is 12.1. The van der Waals surface area contributed by atoms with Crippen molar-refractivity contribution < 1.29 is 24.9 Å². The molecule has 1 aliphatic rings. The third kappa shape index (κ3) is 1.80. The molecule has 2 atom stereocenters. The molecule has 3 rings (SSSR count). The van der Waals surface area contributed by atoms with Gasteiger partial charge in [-0.3, -0.25) is 4.79 Å². The van der Waals surface area contributed by atoms with Crippen molar-refractivity contribution in [2.45, 2.75) is 12.2 Å². The van der Waals surface area contributed by atoms with Crippen LogP contribution in [0, 0.1) is 0 Å². The quantitative estimate of drug-likeness (QED) is 0.689. The minimum Gasteiger partial charge on any atom is -0.504 e. The summed E-state index contributed by atoms with van der Waals surface area (Å²) in [6.07, 6.45) is -2.48. The lowest BCUT2D eigenvalue weighted by Crippen LogP contribution is -2.36. The van der Waals surface area contributed by atoms with E-state index in [4.69, 9.17) is 4.74 Å². The van der Waals surface area contributed by atoms with Crippen molar-refractivity contribution in [3.8, 4) is 17.2 Å². The lowest BCUT2D eigenvalue weighted by molar-refractivity contribution is 0.0208. The number of carbonyl (C=O) groups excluding carboxylic acids is 1. The first-order chi connectivity index (χ1) is 9.59. The van der Waals surface area contributed by atoms with Gasteiger partial charge in [-0.2, -0.15) is 0 Å². The van der Waals surface area contributed by atoms with Gasteiger partial charge < -0.3 is 20.1 Å². The molecule has 1 aliphatic heterocycles. The van der Waals surface area contributed by atoms with Gasteiger partial charge >= 0.3 is 0 Å². The van der Waals surface area contributed by atoms with E-state index in [-0.39, 0.29) is 11.3 Å². The first-order valence-electron chi connectivity index (χ1n) is 6.08. The highest BCUT2D eigenvalue weighted by molar-refractivity contribution is 6.03. The van der Waals surface area contributed by atoms with Crippen molar-refractivity contribution >= 4 is 5.78 Å². The minimum absolute atomic E-state index is 0.167. The molecular formula is C15H12O5. The molecule has 0 fully saturated rings. The van der Waals surface area contributed by atoms with Crippen molar-refractivity contribution in [2.75, 3.05) is 0 Å². The van der Waals surface area contributed by atoms with Crippen molar-refractivity contribution in [1.82, 2.24) is 0 Å². The molecule has 0 spiro atoms. The number of benzene rings is 2. The van der Waals surface area contributed by atoms with E-state index in [1.165, 1.54) is 18.2 Å². The highest BCUT2D eigenvalue weighted by Gasteiger charge is 2.38. The number of aromatic hydroxyl groups is 2. The van der Waals surface area contributed by atoms with Gasteiger partial charge in [0.15, 0.2) is 29.5 Å². The number of para-hydroxylation sites is 2. The number of ketones is 1. The smallest absolute Gasteiger partial charge is 0.199 e. The summed E-state index contributed by atoms with van der Waals surface area (Å²) in [5.41, 5.74) is 0.469. The van der Waals surface area contributed by atoms with E-state index in [9.17, 15) is 20.1 Å². The molecule has 0 bridgehead atoms. The number of Topliss-reactive ketones (excluding diaryl/α,β-unsaturated/α-hetero) is 1. The van der Waals surface area contributed by atoms with Crippen molar-refractivity contribution in [3.63, 3.8) is 0 Å². The van der Waals surface area contributed by atoms with Crippen LogP contribution in [0.3, 0.4) is 0 Å². The third-order valence-electron chi connectivity index (χ3n) is 3.31. The van der Waals surface area contributed by atoms with Crippen LogP contribution in [0.2, 0.25) is 0 Å². The van der Waals surface area contributed by atoms with Crippen molar-refractivity contribution in [1.29, 1.82) is 0 Å². The standard InChI is InChI=1S/C15H12O5/c16-10-6-3-5-9(12(10)17)15-14(19)13(18)8-4-1-2-7-11(8)20-15/h1-7,14-17,19H/t14-,15+/m1/s1. The average molecular weight is 272 g/mol. The van der Waals surface area contributed by atoms with Gasteiger partial charge in [-0.25, -0.2) is 0 Å². The lowest BCUT2D eigenvalue weighted by atomic mass is 9.93. The minimum atomic E-state index is -1.43. The Kier molecular flexibility index (Phi) is 2.84. The number of phenolic OH excluding ortho intramolecular Hbond substituents is 2. The Bertz CT molecular complexity index is 680. The number of ether oxygens (including phenoxy) is 1. The van der Waals surface area contributed by atoms with Gasteiger partial charge in [0.25, 0.3) is 0 Å². The highest BCUT2D eigenvalue weighted by Crippen LogP contribution is 2.40. The predicted molar refractivity (Wildman–Crippen MR) is 69.9 cm³/mol. The van der Waals surface area contributed by atoms with E-state index in [2.05, 4.69) is 0 Å². The molecule has 0 radical (unpaired) electrons. The van der Waals surface area contributed by atoms with Crippen LogP contribution in [0.25, 0.3) is 0 Å². The lowest BCUT2D eigenvalue weighted by Gasteiger charge is -2.30. The summed E-state index contributed by atoms with van der Waals surface area (Å²) in [6, 6.07) is 10.9. The molecule has 2 aromatic rings. The summed E-state index contributed by atoms with van der Waals surface area (Å²) in [5, 5.41) is 29.4. The van der Waals surface area contributed by atoms with E-state index in [1.807, 2.05) is 0 Å². The van der Waals surface area contributed by atoms with Crippen LogP contribution < -0.4 is 4.74 Å². The largest absolute Gasteiger partial charge is 0.504 e. The fourth-order valence-electron chi connectivity index (χ4n) is 2.28. The summed E-state index contributed by atoms with van der Waals surface area (Å²) in [7, 11) is 0. The molecule has 2 aromatic carbocycles. The maximum atomic E-state index is 12.1. The van der Waals surface area contributed by atoms with Crippen molar-refractivity contribution in [3.05, 3.63) is 53.6 Å². The molecule has 20 heavy (non-hydrogen) atoms. The number of rotatable bonds is 1. The Balaban J connectivity index is 2.08. The zero-order valence-electron chi connectivity index (χ0n) is 10.4. The molecule has 0 unspecified atom stereocenters. The molecule has 0 aliphatic carbocycles. The molecule has 0 aromatic heterocycles. The van der Waals surface area contributed by atoms with Gasteiger partial charge in [-0.15, -0.1) is 0 Å². The molecule has 5 heteroatoms. The second-order valence-electron chi connectivity index (χ2n) is 4.56. The molecule has 5 nitrogen and oxygen atoms in total. The van der Waals surface area contributed by atoms with Crippen LogP contribution in [-0.2, 0) is 0 Å². The molecule has 1 heterocycles. The SMILES string of the molecule is O=C1c2ccccc2O[C@@H](c2cccc(O)c2O)[C@@H]1O. The van der Waals surface area contributed by atoms with E-state index in [0.29, 0.717) is 11.3 Å². The fraction of sp³-hybridized carbons (Fsp3) is 0.133. The van der Waals surface area contributed by atoms with Crippen LogP contribution >= 0.6 is 0 Å². The number of carbonyl (C=O) groups is 1. The Morgan fingerprint density at radius 1 is 1.00 bits per heavy atom. The zero-order valence-corrected chi connectivity index (χ0v) is 10.4. The van der Waals surface area contributed by atoms with E-state index < -0.39 is 23.7 Å². The average Bonchev–Trinajstić information content (AvgIpc) is 2.46. The monoisotopic (exact) mass is 272 g/mol. The Labute approximate surface area is 114 Å². The number of hydrogen-bond donors (Lipinski definition) is 3.